The van der Waals surface area contributed by atoms with Crippen molar-refractivity contribution in [3.63, 3.8) is 0 Å². The summed E-state index contributed by atoms with van der Waals surface area (Å²) in [6, 6.07) is 8.28. The first-order chi connectivity index (χ1) is 13.4. The van der Waals surface area contributed by atoms with E-state index in [0.717, 1.165) is 6.26 Å². The van der Waals surface area contributed by atoms with E-state index in [1.165, 1.54) is 6.21 Å². The molecule has 1 aromatic carbocycles. The second kappa shape index (κ2) is 8.71. The van der Waals surface area contributed by atoms with Crippen LogP contribution in [-0.4, -0.2) is 49.2 Å². The zero-order chi connectivity index (χ0) is 21.8. The average molecular weight is 419 g/mol. The normalized spacial score (nSPS) is 12.3. The highest BCUT2D eigenvalue weighted by molar-refractivity contribution is 7.90. The van der Waals surface area contributed by atoms with Gasteiger partial charge in [-0.05, 0) is 45.0 Å². The van der Waals surface area contributed by atoms with Gasteiger partial charge >= 0.3 is 0 Å². The molecule has 0 bridgehead atoms. The van der Waals surface area contributed by atoms with E-state index >= 15 is 0 Å². The van der Waals surface area contributed by atoms with Crippen molar-refractivity contribution >= 4 is 33.3 Å². The van der Waals surface area contributed by atoms with E-state index in [4.69, 9.17) is 5.73 Å². The minimum atomic E-state index is -3.12. The molecule has 1 heterocycles. The van der Waals surface area contributed by atoms with E-state index in [1.54, 1.807) is 51.1 Å². The molecule has 4 N–H and O–H groups in total. The van der Waals surface area contributed by atoms with Gasteiger partial charge in [0.15, 0.2) is 0 Å². The maximum absolute atomic E-state index is 12.6. The number of aliphatic hydroxyl groups is 1. The molecule has 8 nitrogen and oxygen atoms in total. The summed E-state index contributed by atoms with van der Waals surface area (Å²) in [4.78, 5) is 20.9. The van der Waals surface area contributed by atoms with E-state index in [-0.39, 0.29) is 18.0 Å². The van der Waals surface area contributed by atoms with Gasteiger partial charge in [0.2, 0.25) is 0 Å². The van der Waals surface area contributed by atoms with Crippen molar-refractivity contribution < 1.29 is 18.3 Å². The zero-order valence-corrected chi connectivity index (χ0v) is 17.7. The van der Waals surface area contributed by atoms with Crippen molar-refractivity contribution in [1.82, 2.24) is 4.98 Å². The zero-order valence-electron chi connectivity index (χ0n) is 16.9. The minimum Gasteiger partial charge on any atom is -0.398 e. The monoisotopic (exact) mass is 418 g/mol. The van der Waals surface area contributed by atoms with Crippen LogP contribution in [-0.2, 0) is 15.4 Å². The molecule has 1 amide bonds. The van der Waals surface area contributed by atoms with Crippen LogP contribution in [0.4, 0.5) is 11.4 Å². The molecule has 0 fully saturated rings. The molecular weight excluding hydrogens is 392 g/mol. The van der Waals surface area contributed by atoms with E-state index in [0.29, 0.717) is 28.2 Å². The number of hydrogen-bond acceptors (Lipinski definition) is 7. The lowest BCUT2D eigenvalue weighted by atomic mass is 9.94. The Bertz CT molecular complexity index is 1040. The first-order valence-electron chi connectivity index (χ1n) is 8.96. The lowest BCUT2D eigenvalue weighted by molar-refractivity contribution is 0.0793. The number of aryl methyl sites for hydroxylation is 1. The fraction of sp³-hybridized carbons (Fsp3) is 0.350. The molecule has 2 aromatic rings. The second-order valence-electron chi connectivity index (χ2n) is 7.37. The molecule has 0 unspecified atom stereocenters. The number of benzene rings is 1. The number of pyridine rings is 1. The molecule has 0 spiro atoms. The lowest BCUT2D eigenvalue weighted by Gasteiger charge is -2.23. The Kier molecular flexibility index (Phi) is 6.76. The van der Waals surface area contributed by atoms with Crippen LogP contribution in [0.5, 0.6) is 0 Å². The third kappa shape index (κ3) is 6.65. The second-order valence-corrected chi connectivity index (χ2v) is 9.63. The lowest BCUT2D eigenvalue weighted by Crippen LogP contribution is -2.22. The third-order valence-corrected chi connectivity index (χ3v) is 5.00. The standard InChI is InChI=1S/C20H26N4O4S/c1-13-6-5-7-17(23-13)19(25)24-18-10-14(12-22-8-9-29(4,27)28)16(21)11-15(18)20(2,3)26/h5-7,10-12,26H,8-9,21H2,1-4H3,(H,24,25). The molecule has 29 heavy (non-hydrogen) atoms. The number of hydrogen-bond donors (Lipinski definition) is 3. The van der Waals surface area contributed by atoms with Gasteiger partial charge in [-0.25, -0.2) is 13.4 Å². The van der Waals surface area contributed by atoms with Gasteiger partial charge in [0.1, 0.15) is 15.5 Å². The molecule has 0 aliphatic carbocycles. The minimum absolute atomic E-state index is 0.0756. The Morgan fingerprint density at radius 1 is 1.34 bits per heavy atom. The van der Waals surface area contributed by atoms with Gasteiger partial charge in [-0.2, -0.15) is 0 Å². The fourth-order valence-electron chi connectivity index (χ4n) is 2.59. The Morgan fingerprint density at radius 2 is 2.03 bits per heavy atom. The molecule has 9 heteroatoms. The predicted octanol–water partition coefficient (Wildman–Crippen LogP) is 1.92. The number of rotatable bonds is 7. The van der Waals surface area contributed by atoms with Gasteiger partial charge in [0.05, 0.1) is 17.9 Å². The summed E-state index contributed by atoms with van der Waals surface area (Å²) < 4.78 is 22.4. The van der Waals surface area contributed by atoms with Crippen LogP contribution in [0.2, 0.25) is 0 Å². The van der Waals surface area contributed by atoms with Crippen molar-refractivity contribution in [2.75, 3.05) is 29.6 Å². The van der Waals surface area contributed by atoms with Crippen molar-refractivity contribution in [2.45, 2.75) is 26.4 Å². The summed E-state index contributed by atoms with van der Waals surface area (Å²) in [7, 11) is -3.12. The third-order valence-electron chi connectivity index (χ3n) is 4.07. The van der Waals surface area contributed by atoms with Crippen LogP contribution in [0.3, 0.4) is 0 Å². The van der Waals surface area contributed by atoms with Gasteiger partial charge < -0.3 is 16.2 Å². The highest BCUT2D eigenvalue weighted by Crippen LogP contribution is 2.32. The highest BCUT2D eigenvalue weighted by atomic mass is 32.2. The molecular formula is C20H26N4O4S. The van der Waals surface area contributed by atoms with E-state index < -0.39 is 21.3 Å². The first-order valence-corrected chi connectivity index (χ1v) is 11.0. The van der Waals surface area contributed by atoms with Gasteiger partial charge in [-0.1, -0.05) is 6.07 Å². The Balaban J connectivity index is 2.37. The van der Waals surface area contributed by atoms with E-state index in [9.17, 15) is 18.3 Å². The molecule has 0 saturated carbocycles. The first kappa shape index (κ1) is 22.5. The van der Waals surface area contributed by atoms with Crippen LogP contribution in [0.1, 0.15) is 41.2 Å². The smallest absolute Gasteiger partial charge is 0.274 e. The summed E-state index contributed by atoms with van der Waals surface area (Å²) in [5, 5.41) is 13.3. The van der Waals surface area contributed by atoms with Crippen LogP contribution < -0.4 is 11.1 Å². The van der Waals surface area contributed by atoms with Crippen molar-refractivity contribution in [2.24, 2.45) is 4.99 Å². The Hall–Kier alpha value is -2.78. The van der Waals surface area contributed by atoms with Crippen molar-refractivity contribution in [3.05, 3.63) is 52.8 Å². The molecule has 0 aliphatic rings. The van der Waals surface area contributed by atoms with Gasteiger partial charge in [0.25, 0.3) is 5.91 Å². The number of anilines is 2. The molecule has 0 aliphatic heterocycles. The summed E-state index contributed by atoms with van der Waals surface area (Å²) in [6.07, 6.45) is 2.59. The number of aliphatic imine (C=N–C) groups is 1. The number of nitrogens with one attached hydrogen (secondary N) is 1. The van der Waals surface area contributed by atoms with Crippen molar-refractivity contribution in [1.29, 1.82) is 0 Å². The summed E-state index contributed by atoms with van der Waals surface area (Å²) in [5.41, 5.74) is 7.40. The number of nitrogen functional groups attached to an aromatic ring is 1. The predicted molar refractivity (Wildman–Crippen MR) is 115 cm³/mol. The largest absolute Gasteiger partial charge is 0.398 e. The molecule has 0 radical (unpaired) electrons. The van der Waals surface area contributed by atoms with Gasteiger partial charge in [0, 0.05) is 40.7 Å². The van der Waals surface area contributed by atoms with Crippen LogP contribution in [0, 0.1) is 6.92 Å². The summed E-state index contributed by atoms with van der Waals surface area (Å²) >= 11 is 0. The van der Waals surface area contributed by atoms with E-state index in [1.807, 2.05) is 0 Å². The van der Waals surface area contributed by atoms with Crippen LogP contribution >= 0.6 is 0 Å². The number of nitrogens with zero attached hydrogens (tertiary/aromatic N) is 2. The maximum atomic E-state index is 12.6. The highest BCUT2D eigenvalue weighted by Gasteiger charge is 2.23. The Morgan fingerprint density at radius 3 is 2.62 bits per heavy atom. The summed E-state index contributed by atoms with van der Waals surface area (Å²) in [6.45, 7) is 5.05. The number of sulfone groups is 1. The molecule has 1 aromatic heterocycles. The summed E-state index contributed by atoms with van der Waals surface area (Å²) in [5.74, 6) is -0.503. The Labute approximate surface area is 170 Å². The average Bonchev–Trinajstić information content (AvgIpc) is 2.59. The topological polar surface area (TPSA) is 135 Å². The van der Waals surface area contributed by atoms with E-state index in [2.05, 4.69) is 15.3 Å². The number of carbonyl (C=O) groups excluding carboxylic acids is 1. The fourth-order valence-corrected chi connectivity index (χ4v) is 3.03. The van der Waals surface area contributed by atoms with Gasteiger partial charge in [-0.15, -0.1) is 0 Å². The van der Waals surface area contributed by atoms with Crippen LogP contribution in [0.15, 0.2) is 35.3 Å². The molecule has 0 atom stereocenters. The maximum Gasteiger partial charge on any atom is 0.274 e. The number of carbonyl (C=O) groups is 1. The number of aromatic nitrogens is 1. The van der Waals surface area contributed by atoms with Gasteiger partial charge in [-0.3, -0.25) is 9.79 Å². The SMILES string of the molecule is Cc1cccc(C(=O)Nc2cc(C=NCCS(C)(=O)=O)c(N)cc2C(C)(C)O)n1. The van der Waals surface area contributed by atoms with Crippen molar-refractivity contribution in [3.8, 4) is 0 Å². The van der Waals surface area contributed by atoms with Crippen LogP contribution in [0.25, 0.3) is 0 Å². The number of amides is 1. The molecule has 156 valence electrons. The molecule has 0 saturated heterocycles. The molecule has 2 rings (SSSR count). The quantitative estimate of drug-likeness (QED) is 0.464. The number of nitrogens with two attached hydrogens (primary N) is 1.